The number of benzene rings is 2. The van der Waals surface area contributed by atoms with Crippen LogP contribution in [-0.2, 0) is 11.3 Å². The second kappa shape index (κ2) is 7.12. The molecule has 0 aliphatic carbocycles. The van der Waals surface area contributed by atoms with Crippen molar-refractivity contribution in [2.24, 2.45) is 0 Å². The maximum Gasteiger partial charge on any atom is 0.263 e. The van der Waals surface area contributed by atoms with Gasteiger partial charge in [-0.2, -0.15) is 0 Å². The fourth-order valence-corrected chi connectivity index (χ4v) is 2.50. The quantitative estimate of drug-likeness (QED) is 0.841. The summed E-state index contributed by atoms with van der Waals surface area (Å²) < 4.78 is 5.81. The van der Waals surface area contributed by atoms with Crippen molar-refractivity contribution in [2.45, 2.75) is 33.4 Å². The minimum atomic E-state index is -0.505. The average Bonchev–Trinajstić information content (AvgIpc) is 2.46. The molecule has 0 bridgehead atoms. The lowest BCUT2D eigenvalue weighted by Gasteiger charge is -2.22. The molecule has 0 N–H and O–H groups in total. The largest absolute Gasteiger partial charge is 0.481 e. The second-order valence-corrected chi connectivity index (χ2v) is 5.76. The van der Waals surface area contributed by atoms with Crippen molar-refractivity contribution in [3.8, 4) is 5.75 Å². The molecule has 0 spiro atoms. The molecular formula is C19H23NO2. The first-order valence-corrected chi connectivity index (χ1v) is 7.49. The summed E-state index contributed by atoms with van der Waals surface area (Å²) in [7, 11) is 1.80. The Labute approximate surface area is 132 Å². The van der Waals surface area contributed by atoms with E-state index in [1.165, 1.54) is 0 Å². The molecule has 0 heterocycles. The number of likely N-dealkylation sites (N-methyl/N-ethyl adjacent to an activating group) is 1. The molecule has 1 amide bonds. The van der Waals surface area contributed by atoms with Gasteiger partial charge in [-0.3, -0.25) is 4.79 Å². The summed E-state index contributed by atoms with van der Waals surface area (Å²) in [6.45, 7) is 6.42. The van der Waals surface area contributed by atoms with Crippen molar-refractivity contribution >= 4 is 5.91 Å². The topological polar surface area (TPSA) is 29.5 Å². The predicted molar refractivity (Wildman–Crippen MR) is 88.9 cm³/mol. The zero-order chi connectivity index (χ0) is 16.1. The molecule has 1 atom stereocenters. The molecular weight excluding hydrogens is 274 g/mol. The van der Waals surface area contributed by atoms with E-state index in [0.29, 0.717) is 6.54 Å². The predicted octanol–water partition coefficient (Wildman–Crippen LogP) is 3.73. The van der Waals surface area contributed by atoms with Gasteiger partial charge in [0, 0.05) is 13.6 Å². The van der Waals surface area contributed by atoms with E-state index < -0.39 is 6.10 Å². The Bertz CT molecular complexity index is 617. The third-order valence-electron chi connectivity index (χ3n) is 3.49. The molecule has 2 aromatic carbocycles. The fraction of sp³-hybridized carbons (Fsp3) is 0.316. The van der Waals surface area contributed by atoms with Crippen molar-refractivity contribution in [2.75, 3.05) is 7.05 Å². The summed E-state index contributed by atoms with van der Waals surface area (Å²) >= 11 is 0. The van der Waals surface area contributed by atoms with Crippen LogP contribution in [0.5, 0.6) is 5.75 Å². The highest BCUT2D eigenvalue weighted by atomic mass is 16.5. The maximum atomic E-state index is 12.4. The minimum Gasteiger partial charge on any atom is -0.481 e. The lowest BCUT2D eigenvalue weighted by molar-refractivity contribution is -0.137. The second-order valence-electron chi connectivity index (χ2n) is 5.76. The number of amides is 1. The molecule has 0 aromatic heterocycles. The Morgan fingerprint density at radius 2 is 1.68 bits per heavy atom. The minimum absolute atomic E-state index is 0.0250. The molecule has 0 aliphatic rings. The van der Waals surface area contributed by atoms with Crippen LogP contribution < -0.4 is 4.74 Å². The Kier molecular flexibility index (Phi) is 5.21. The van der Waals surface area contributed by atoms with Crippen LogP contribution in [0.4, 0.5) is 0 Å². The molecule has 0 fully saturated rings. The third-order valence-corrected chi connectivity index (χ3v) is 3.49. The number of hydrogen-bond acceptors (Lipinski definition) is 2. The highest BCUT2D eigenvalue weighted by molar-refractivity contribution is 5.80. The molecule has 0 aliphatic heterocycles. The van der Waals surface area contributed by atoms with Crippen LogP contribution in [0.25, 0.3) is 0 Å². The smallest absolute Gasteiger partial charge is 0.263 e. The number of hydrogen-bond donors (Lipinski definition) is 0. The van der Waals surface area contributed by atoms with Gasteiger partial charge in [0.1, 0.15) is 5.75 Å². The van der Waals surface area contributed by atoms with E-state index in [9.17, 15) is 4.79 Å². The lowest BCUT2D eigenvalue weighted by atomic mass is 10.1. The Balaban J connectivity index is 1.99. The maximum absolute atomic E-state index is 12.4. The van der Waals surface area contributed by atoms with E-state index in [2.05, 4.69) is 6.07 Å². The Morgan fingerprint density at radius 3 is 2.27 bits per heavy atom. The Hall–Kier alpha value is -2.29. The van der Waals surface area contributed by atoms with E-state index in [0.717, 1.165) is 22.4 Å². The van der Waals surface area contributed by atoms with Gasteiger partial charge in [-0.1, -0.05) is 36.4 Å². The normalized spacial score (nSPS) is 11.8. The van der Waals surface area contributed by atoms with Crippen molar-refractivity contribution in [3.63, 3.8) is 0 Å². The molecule has 2 aromatic rings. The molecule has 22 heavy (non-hydrogen) atoms. The Morgan fingerprint density at radius 1 is 1.09 bits per heavy atom. The SMILES string of the molecule is Cc1cc(C)cc(O[C@@H](C)C(=O)N(C)Cc2ccccc2)c1. The van der Waals surface area contributed by atoms with Crippen LogP contribution in [0.3, 0.4) is 0 Å². The third kappa shape index (κ3) is 4.35. The number of ether oxygens (including phenoxy) is 1. The van der Waals surface area contributed by atoms with Crippen LogP contribution in [-0.4, -0.2) is 24.0 Å². The summed E-state index contributed by atoms with van der Waals surface area (Å²) in [5.41, 5.74) is 3.37. The molecule has 0 unspecified atom stereocenters. The number of aryl methyl sites for hydroxylation is 2. The zero-order valence-electron chi connectivity index (χ0n) is 13.7. The summed E-state index contributed by atoms with van der Waals surface area (Å²) in [6, 6.07) is 15.9. The number of carbonyl (C=O) groups excluding carboxylic acids is 1. The van der Waals surface area contributed by atoms with Crippen LogP contribution >= 0.6 is 0 Å². The van der Waals surface area contributed by atoms with Crippen molar-refractivity contribution in [3.05, 3.63) is 65.2 Å². The summed E-state index contributed by atoms with van der Waals surface area (Å²) in [5.74, 6) is 0.717. The molecule has 116 valence electrons. The van der Waals surface area contributed by atoms with Gasteiger partial charge in [0.15, 0.2) is 6.10 Å². The van der Waals surface area contributed by atoms with Gasteiger partial charge in [0.05, 0.1) is 0 Å². The van der Waals surface area contributed by atoms with Gasteiger partial charge in [0.2, 0.25) is 0 Å². The molecule has 3 nitrogen and oxygen atoms in total. The first kappa shape index (κ1) is 16.1. The molecule has 0 saturated heterocycles. The van der Waals surface area contributed by atoms with Crippen molar-refractivity contribution in [1.29, 1.82) is 0 Å². The highest BCUT2D eigenvalue weighted by Gasteiger charge is 2.19. The summed E-state index contributed by atoms with van der Waals surface area (Å²) in [5, 5.41) is 0. The van der Waals surface area contributed by atoms with Gasteiger partial charge in [0.25, 0.3) is 5.91 Å². The highest BCUT2D eigenvalue weighted by Crippen LogP contribution is 2.18. The van der Waals surface area contributed by atoms with Gasteiger partial charge < -0.3 is 9.64 Å². The van der Waals surface area contributed by atoms with Gasteiger partial charge in [-0.25, -0.2) is 0 Å². The average molecular weight is 297 g/mol. The number of rotatable bonds is 5. The molecule has 2 rings (SSSR count). The standard InChI is InChI=1S/C19H23NO2/c1-14-10-15(2)12-18(11-14)22-16(3)19(21)20(4)13-17-8-6-5-7-9-17/h5-12,16H,13H2,1-4H3/t16-/m0/s1. The van der Waals surface area contributed by atoms with E-state index in [1.54, 1.807) is 18.9 Å². The van der Waals surface area contributed by atoms with Gasteiger partial charge >= 0.3 is 0 Å². The van der Waals surface area contributed by atoms with Gasteiger partial charge in [-0.15, -0.1) is 0 Å². The monoisotopic (exact) mass is 297 g/mol. The molecule has 0 saturated carbocycles. The van der Waals surface area contributed by atoms with Crippen LogP contribution in [0.15, 0.2) is 48.5 Å². The number of carbonyl (C=O) groups is 1. The molecule has 3 heteroatoms. The van der Waals surface area contributed by atoms with E-state index in [4.69, 9.17) is 4.74 Å². The molecule has 0 radical (unpaired) electrons. The van der Waals surface area contributed by atoms with Crippen LogP contribution in [0.2, 0.25) is 0 Å². The first-order chi connectivity index (χ1) is 10.5. The lowest BCUT2D eigenvalue weighted by Crippen LogP contribution is -2.37. The van der Waals surface area contributed by atoms with Crippen LogP contribution in [0, 0.1) is 13.8 Å². The number of nitrogens with zero attached hydrogens (tertiary/aromatic N) is 1. The van der Waals surface area contributed by atoms with Crippen molar-refractivity contribution in [1.82, 2.24) is 4.90 Å². The zero-order valence-corrected chi connectivity index (χ0v) is 13.7. The summed E-state index contributed by atoms with van der Waals surface area (Å²) in [4.78, 5) is 14.1. The van der Waals surface area contributed by atoms with E-state index >= 15 is 0 Å². The van der Waals surface area contributed by atoms with Crippen molar-refractivity contribution < 1.29 is 9.53 Å². The first-order valence-electron chi connectivity index (χ1n) is 7.49. The van der Waals surface area contributed by atoms with Crippen LogP contribution in [0.1, 0.15) is 23.6 Å². The fourth-order valence-electron chi connectivity index (χ4n) is 2.50. The van der Waals surface area contributed by atoms with E-state index in [1.807, 2.05) is 56.3 Å². The van der Waals surface area contributed by atoms with E-state index in [-0.39, 0.29) is 5.91 Å². The summed E-state index contributed by atoms with van der Waals surface area (Å²) in [6.07, 6.45) is -0.505. The van der Waals surface area contributed by atoms with Gasteiger partial charge in [-0.05, 0) is 49.6 Å².